The Labute approximate surface area is 374 Å². The summed E-state index contributed by atoms with van der Waals surface area (Å²) in [5, 5.41) is 31.3. The van der Waals surface area contributed by atoms with E-state index in [-0.39, 0.29) is 44.5 Å². The molecule has 14 heteroatoms. The van der Waals surface area contributed by atoms with Gasteiger partial charge in [0.15, 0.2) is 6.10 Å². The van der Waals surface area contributed by atoms with Crippen LogP contribution in [0.3, 0.4) is 0 Å². The van der Waals surface area contributed by atoms with Crippen LogP contribution < -0.4 is 4.89 Å². The maximum absolute atomic E-state index is 12.9. The highest BCUT2D eigenvalue weighted by atomic mass is 31.2. The summed E-state index contributed by atoms with van der Waals surface area (Å²) < 4.78 is 33.7. The van der Waals surface area contributed by atoms with Crippen LogP contribution >= 0.6 is 7.82 Å². The van der Waals surface area contributed by atoms with Gasteiger partial charge >= 0.3 is 11.9 Å². The van der Waals surface area contributed by atoms with Crippen molar-refractivity contribution in [1.82, 2.24) is 0 Å². The lowest BCUT2D eigenvalue weighted by Gasteiger charge is -2.28. The first-order valence-electron chi connectivity index (χ1n) is 23.5. The lowest BCUT2D eigenvalue weighted by Crippen LogP contribution is -2.37. The summed E-state index contributed by atoms with van der Waals surface area (Å²) in [6, 6.07) is 0. The highest BCUT2D eigenvalue weighted by Crippen LogP contribution is 2.39. The van der Waals surface area contributed by atoms with Crippen LogP contribution in [-0.4, -0.2) is 109 Å². The van der Waals surface area contributed by atoms with Gasteiger partial charge in [-0.15, -0.1) is 0 Å². The second kappa shape index (κ2) is 34.9. The zero-order valence-corrected chi connectivity index (χ0v) is 39.8. The first-order chi connectivity index (χ1) is 29.6. The molecule has 0 aromatic rings. The minimum Gasteiger partial charge on any atom is -0.756 e. The SMILES string of the molecule is CCCCCCCC/C=C\C/C=C\C/C=C\CCCC(=O)O[C@H](COC(=O)CCCCC(=O)C[C@@H]1[C@@H](/C=C/[C@@H](O)CCCCC)[C@H](O)C[C@@H]1O)COP(=O)([O-])OCC[N+](C)(C)C. The number of ketones is 1. The maximum atomic E-state index is 12.9. The number of unbranched alkanes of at least 4 members (excludes halogenated alkanes) is 10. The predicted molar refractivity (Wildman–Crippen MR) is 243 cm³/mol. The number of ether oxygens (including phenoxy) is 2. The fourth-order valence-corrected chi connectivity index (χ4v) is 7.75. The van der Waals surface area contributed by atoms with E-state index in [0.717, 1.165) is 38.5 Å². The Morgan fingerprint density at radius 2 is 1.34 bits per heavy atom. The number of aliphatic hydroxyl groups is 3. The van der Waals surface area contributed by atoms with E-state index in [1.165, 1.54) is 38.5 Å². The molecular weight excluding hydrogens is 813 g/mol. The highest BCUT2D eigenvalue weighted by molar-refractivity contribution is 7.45. The van der Waals surface area contributed by atoms with Crippen LogP contribution in [0.15, 0.2) is 48.6 Å². The van der Waals surface area contributed by atoms with E-state index in [1.54, 1.807) is 12.2 Å². The number of esters is 2. The molecule has 0 aromatic carbocycles. The minimum atomic E-state index is -4.73. The standard InChI is InChI=1S/C48H84NO12P/c1-6-8-10-11-12-13-14-15-16-17-18-19-20-21-22-23-25-31-48(55)61-42(39-60-62(56,57)59-35-34-49(3,4)5)38-58-47(54)30-27-26-29-41(51)36-44-43(45(52)37-46(44)53)33-32-40(50)28-24-9-7-2/h15-16,18-19,21-22,32-33,40,42-46,50,52-53H,6-14,17,20,23-31,34-39H2,1-5H3/b16-15-,19-18-,22-21-,33-32+/t40-,42+,43+,44+,45+,46-/m0/s1. The maximum Gasteiger partial charge on any atom is 0.306 e. The number of allylic oxidation sites excluding steroid dienone is 6. The summed E-state index contributed by atoms with van der Waals surface area (Å²) in [5.41, 5.74) is 0. The lowest BCUT2D eigenvalue weighted by molar-refractivity contribution is -0.870. The molecule has 7 atom stereocenters. The van der Waals surface area contributed by atoms with Crippen molar-refractivity contribution in [2.75, 3.05) is 47.5 Å². The Morgan fingerprint density at radius 1 is 0.742 bits per heavy atom. The van der Waals surface area contributed by atoms with Crippen LogP contribution in [0.5, 0.6) is 0 Å². The van der Waals surface area contributed by atoms with E-state index in [0.29, 0.717) is 43.1 Å². The molecule has 1 fully saturated rings. The fourth-order valence-electron chi connectivity index (χ4n) is 7.02. The zero-order valence-electron chi connectivity index (χ0n) is 38.9. The van der Waals surface area contributed by atoms with Crippen molar-refractivity contribution >= 4 is 25.5 Å². The summed E-state index contributed by atoms with van der Waals surface area (Å²) in [4.78, 5) is 50.6. The van der Waals surface area contributed by atoms with Gasteiger partial charge in [0.1, 0.15) is 25.5 Å². The molecule has 1 saturated carbocycles. The smallest absolute Gasteiger partial charge is 0.306 e. The lowest BCUT2D eigenvalue weighted by atomic mass is 9.87. The molecule has 0 aliphatic heterocycles. The van der Waals surface area contributed by atoms with E-state index in [4.69, 9.17) is 18.5 Å². The van der Waals surface area contributed by atoms with Crippen LogP contribution in [0.2, 0.25) is 0 Å². The molecule has 0 aromatic heterocycles. The van der Waals surface area contributed by atoms with E-state index in [9.17, 15) is 39.2 Å². The Morgan fingerprint density at radius 3 is 2.02 bits per heavy atom. The number of nitrogens with zero attached hydrogens (tertiary/aromatic N) is 1. The summed E-state index contributed by atoms with van der Waals surface area (Å²) >= 11 is 0. The third-order valence-electron chi connectivity index (χ3n) is 10.8. The summed E-state index contributed by atoms with van der Waals surface area (Å²) in [6.45, 7) is 3.62. The average molecular weight is 898 g/mol. The second-order valence-corrected chi connectivity index (χ2v) is 19.1. The predicted octanol–water partition coefficient (Wildman–Crippen LogP) is 8.39. The van der Waals surface area contributed by atoms with Gasteiger partial charge in [0.2, 0.25) is 0 Å². The first-order valence-corrected chi connectivity index (χ1v) is 25.0. The Balaban J connectivity index is 2.54. The van der Waals surface area contributed by atoms with Gasteiger partial charge in [-0.05, 0) is 57.8 Å². The van der Waals surface area contributed by atoms with Gasteiger partial charge in [-0.2, -0.15) is 0 Å². The highest BCUT2D eigenvalue weighted by Gasteiger charge is 2.41. The molecule has 62 heavy (non-hydrogen) atoms. The minimum absolute atomic E-state index is 0.0213. The molecule has 0 saturated heterocycles. The van der Waals surface area contributed by atoms with Crippen molar-refractivity contribution in [3.05, 3.63) is 48.6 Å². The molecule has 3 N–H and O–H groups in total. The molecule has 0 amide bonds. The number of hydrogen-bond acceptors (Lipinski definition) is 12. The quantitative estimate of drug-likeness (QED) is 0.0177. The summed E-state index contributed by atoms with van der Waals surface area (Å²) in [6.07, 6.45) is 29.2. The average Bonchev–Trinajstić information content (AvgIpc) is 3.47. The summed E-state index contributed by atoms with van der Waals surface area (Å²) in [7, 11) is 0.927. The largest absolute Gasteiger partial charge is 0.756 e. The second-order valence-electron chi connectivity index (χ2n) is 17.7. The number of quaternary nitrogens is 1. The van der Waals surface area contributed by atoms with Gasteiger partial charge in [-0.3, -0.25) is 18.9 Å². The van der Waals surface area contributed by atoms with E-state index >= 15 is 0 Å². The molecule has 1 aliphatic carbocycles. The number of hydrogen-bond donors (Lipinski definition) is 3. The van der Waals surface area contributed by atoms with Gasteiger partial charge < -0.3 is 43.2 Å². The van der Waals surface area contributed by atoms with Crippen molar-refractivity contribution in [2.24, 2.45) is 11.8 Å². The summed E-state index contributed by atoms with van der Waals surface area (Å²) in [5.74, 6) is -2.19. The molecule has 1 rings (SSSR count). The Hall–Kier alpha value is -2.48. The monoisotopic (exact) mass is 898 g/mol. The van der Waals surface area contributed by atoms with Crippen LogP contribution in [0.1, 0.15) is 155 Å². The van der Waals surface area contributed by atoms with Crippen LogP contribution in [-0.2, 0) is 37.5 Å². The fraction of sp³-hybridized carbons (Fsp3) is 0.771. The Kier molecular flexibility index (Phi) is 32.4. The number of phosphoric ester groups is 1. The molecule has 0 spiro atoms. The number of Topliss-reactive ketones (excluding diaryl/α,β-unsaturated/α-hetero) is 1. The van der Waals surface area contributed by atoms with Crippen molar-refractivity contribution in [3.8, 4) is 0 Å². The van der Waals surface area contributed by atoms with Gasteiger partial charge in [0.05, 0.1) is 46.1 Å². The van der Waals surface area contributed by atoms with E-state index < -0.39 is 69.2 Å². The number of phosphoric acid groups is 1. The number of aliphatic hydroxyl groups excluding tert-OH is 3. The van der Waals surface area contributed by atoms with Crippen molar-refractivity contribution < 1.29 is 62.2 Å². The normalized spacial score (nSPS) is 20.4. The first kappa shape index (κ1) is 57.5. The van der Waals surface area contributed by atoms with Crippen LogP contribution in [0.4, 0.5) is 0 Å². The van der Waals surface area contributed by atoms with Crippen LogP contribution in [0.25, 0.3) is 0 Å². The molecule has 0 bridgehead atoms. The van der Waals surface area contributed by atoms with Crippen molar-refractivity contribution in [1.29, 1.82) is 0 Å². The van der Waals surface area contributed by atoms with Gasteiger partial charge in [0.25, 0.3) is 7.82 Å². The van der Waals surface area contributed by atoms with Crippen molar-refractivity contribution in [3.63, 3.8) is 0 Å². The number of likely N-dealkylation sites (N-methyl/N-ethyl adjacent to an activating group) is 1. The number of rotatable bonds is 38. The topological polar surface area (TPSA) is 189 Å². The van der Waals surface area contributed by atoms with Crippen LogP contribution in [0, 0.1) is 11.8 Å². The number of carbonyl (C=O) groups is 3. The van der Waals surface area contributed by atoms with Gasteiger partial charge in [0, 0.05) is 43.9 Å². The molecular formula is C48H84NO12P. The number of carbonyl (C=O) groups excluding carboxylic acids is 3. The molecule has 0 heterocycles. The third-order valence-corrected chi connectivity index (χ3v) is 11.8. The van der Waals surface area contributed by atoms with Gasteiger partial charge in [-0.25, -0.2) is 0 Å². The molecule has 1 aliphatic rings. The van der Waals surface area contributed by atoms with Gasteiger partial charge in [-0.1, -0.05) is 114 Å². The zero-order chi connectivity index (χ0) is 46.1. The molecule has 358 valence electrons. The Bertz CT molecular complexity index is 1380. The molecule has 0 radical (unpaired) electrons. The molecule has 1 unspecified atom stereocenters. The van der Waals surface area contributed by atoms with E-state index in [2.05, 4.69) is 38.2 Å². The third kappa shape index (κ3) is 31.4. The molecule has 13 nitrogen and oxygen atoms in total. The van der Waals surface area contributed by atoms with Crippen molar-refractivity contribution in [2.45, 2.75) is 180 Å². The van der Waals surface area contributed by atoms with E-state index in [1.807, 2.05) is 33.3 Å².